The van der Waals surface area contributed by atoms with Crippen molar-refractivity contribution in [3.63, 3.8) is 0 Å². The first-order valence-corrected chi connectivity index (χ1v) is 13.9. The molecule has 3 aromatic rings. The summed E-state index contributed by atoms with van der Waals surface area (Å²) < 4.78 is 7.05. The number of hydrogen-bond donors (Lipinski definition) is 0. The van der Waals surface area contributed by atoms with Crippen LogP contribution in [0.4, 0.5) is 0 Å². The smallest absolute Gasteiger partial charge is 0.222 e. The van der Waals surface area contributed by atoms with Crippen molar-refractivity contribution in [3.05, 3.63) is 108 Å². The Morgan fingerprint density at radius 1 is 0.722 bits per heavy atom. The Morgan fingerprint density at radius 2 is 1.25 bits per heavy atom. The molecule has 1 aliphatic carbocycles. The standard InChI is InChI=1S/C33H39NO2/c35-32-24-23-31(34(32)25-13-16-27-14-5-1-6-15-27)26-36-33(28-17-7-2-8-18-28,29-19-9-3-10-20-29)30-21-11-4-12-22-30/h2-4,7-12,17-22,27,31H,1,5-6,13-16,23-26H2. The van der Waals surface area contributed by atoms with Crippen LogP contribution in [0.25, 0.3) is 0 Å². The van der Waals surface area contributed by atoms with Crippen molar-refractivity contribution in [3.8, 4) is 0 Å². The summed E-state index contributed by atoms with van der Waals surface area (Å²) in [6.07, 6.45) is 10.8. The second kappa shape index (κ2) is 11.9. The predicted octanol–water partition coefficient (Wildman–Crippen LogP) is 7.35. The molecule has 5 rings (SSSR count). The molecule has 1 saturated heterocycles. The highest BCUT2D eigenvalue weighted by Gasteiger charge is 2.40. The Bertz CT molecular complexity index is 980. The van der Waals surface area contributed by atoms with Crippen LogP contribution in [0.2, 0.25) is 0 Å². The molecule has 3 heteroatoms. The van der Waals surface area contributed by atoms with E-state index in [4.69, 9.17) is 4.74 Å². The summed E-state index contributed by atoms with van der Waals surface area (Å²) in [5.41, 5.74) is 2.59. The molecule has 1 unspecified atom stereocenters. The van der Waals surface area contributed by atoms with Gasteiger partial charge in [0.15, 0.2) is 0 Å². The number of likely N-dealkylation sites (tertiary alicyclic amines) is 1. The molecule has 1 amide bonds. The van der Waals surface area contributed by atoms with E-state index in [-0.39, 0.29) is 11.9 Å². The van der Waals surface area contributed by atoms with Crippen LogP contribution >= 0.6 is 0 Å². The van der Waals surface area contributed by atoms with Gasteiger partial charge in [-0.2, -0.15) is 0 Å². The molecular weight excluding hydrogens is 442 g/mol. The first-order chi connectivity index (χ1) is 17.8. The summed E-state index contributed by atoms with van der Waals surface area (Å²) in [5, 5.41) is 0. The van der Waals surface area contributed by atoms with Crippen LogP contribution < -0.4 is 0 Å². The highest BCUT2D eigenvalue weighted by molar-refractivity contribution is 5.78. The van der Waals surface area contributed by atoms with E-state index >= 15 is 0 Å². The van der Waals surface area contributed by atoms with Crippen LogP contribution in [0.15, 0.2) is 91.0 Å². The molecular formula is C33H39NO2. The lowest BCUT2D eigenvalue weighted by atomic mass is 9.80. The van der Waals surface area contributed by atoms with E-state index < -0.39 is 5.60 Å². The monoisotopic (exact) mass is 481 g/mol. The van der Waals surface area contributed by atoms with E-state index in [2.05, 4.69) is 77.7 Å². The zero-order chi connectivity index (χ0) is 24.6. The van der Waals surface area contributed by atoms with Gasteiger partial charge in [0.1, 0.15) is 5.60 Å². The number of amides is 1. The van der Waals surface area contributed by atoms with Crippen LogP contribution in [-0.4, -0.2) is 30.0 Å². The van der Waals surface area contributed by atoms with Gasteiger partial charge in [-0.25, -0.2) is 0 Å². The molecule has 1 saturated carbocycles. The van der Waals surface area contributed by atoms with Crippen LogP contribution in [0.5, 0.6) is 0 Å². The third-order valence-corrected chi connectivity index (χ3v) is 8.22. The molecule has 3 nitrogen and oxygen atoms in total. The Hall–Kier alpha value is -2.91. The molecule has 0 N–H and O–H groups in total. The summed E-state index contributed by atoms with van der Waals surface area (Å²) >= 11 is 0. The summed E-state index contributed by atoms with van der Waals surface area (Å²) in [7, 11) is 0. The van der Waals surface area contributed by atoms with Crippen LogP contribution in [0.3, 0.4) is 0 Å². The number of benzene rings is 3. The highest BCUT2D eigenvalue weighted by atomic mass is 16.5. The Labute approximate surface area is 216 Å². The van der Waals surface area contributed by atoms with E-state index in [1.807, 2.05) is 18.2 Å². The van der Waals surface area contributed by atoms with E-state index in [1.54, 1.807) is 0 Å². The third-order valence-electron chi connectivity index (χ3n) is 8.22. The van der Waals surface area contributed by atoms with Crippen molar-refractivity contribution in [1.29, 1.82) is 0 Å². The van der Waals surface area contributed by atoms with Gasteiger partial charge in [-0.05, 0) is 41.9 Å². The lowest BCUT2D eigenvalue weighted by Crippen LogP contribution is -2.41. The second-order valence-corrected chi connectivity index (χ2v) is 10.5. The van der Waals surface area contributed by atoms with Gasteiger partial charge in [0.25, 0.3) is 0 Å². The lowest BCUT2D eigenvalue weighted by molar-refractivity contribution is -0.130. The minimum Gasteiger partial charge on any atom is -0.359 e. The molecule has 2 fully saturated rings. The van der Waals surface area contributed by atoms with Crippen molar-refractivity contribution in [2.75, 3.05) is 13.2 Å². The van der Waals surface area contributed by atoms with E-state index in [1.165, 1.54) is 38.5 Å². The number of nitrogens with zero attached hydrogens (tertiary/aromatic N) is 1. The van der Waals surface area contributed by atoms with Crippen molar-refractivity contribution in [2.45, 2.75) is 69.4 Å². The summed E-state index contributed by atoms with van der Waals surface area (Å²) in [6, 6.07) is 31.7. The predicted molar refractivity (Wildman–Crippen MR) is 146 cm³/mol. The van der Waals surface area contributed by atoms with E-state index in [0.717, 1.165) is 42.0 Å². The van der Waals surface area contributed by atoms with Gasteiger partial charge >= 0.3 is 0 Å². The maximum atomic E-state index is 12.9. The van der Waals surface area contributed by atoms with E-state index in [0.29, 0.717) is 13.0 Å². The normalized spacial score (nSPS) is 19.1. The molecule has 0 radical (unpaired) electrons. The average molecular weight is 482 g/mol. The third kappa shape index (κ3) is 5.42. The lowest BCUT2D eigenvalue weighted by Gasteiger charge is -2.38. The number of ether oxygens (including phenoxy) is 1. The molecule has 1 aliphatic heterocycles. The van der Waals surface area contributed by atoms with Crippen molar-refractivity contribution >= 4 is 5.91 Å². The molecule has 188 valence electrons. The first-order valence-electron chi connectivity index (χ1n) is 13.9. The Kier molecular flexibility index (Phi) is 8.18. The summed E-state index contributed by atoms with van der Waals surface area (Å²) in [4.78, 5) is 15.0. The fourth-order valence-corrected chi connectivity index (χ4v) is 6.29. The van der Waals surface area contributed by atoms with Gasteiger partial charge in [0.2, 0.25) is 5.91 Å². The summed E-state index contributed by atoms with van der Waals surface area (Å²) in [6.45, 7) is 1.38. The van der Waals surface area contributed by atoms with Crippen LogP contribution in [0.1, 0.15) is 74.5 Å². The largest absolute Gasteiger partial charge is 0.359 e. The van der Waals surface area contributed by atoms with Gasteiger partial charge in [-0.15, -0.1) is 0 Å². The first kappa shape index (κ1) is 24.8. The van der Waals surface area contributed by atoms with Crippen LogP contribution in [-0.2, 0) is 15.1 Å². The zero-order valence-electron chi connectivity index (χ0n) is 21.4. The Morgan fingerprint density at radius 3 is 1.78 bits per heavy atom. The van der Waals surface area contributed by atoms with Crippen molar-refractivity contribution < 1.29 is 9.53 Å². The number of hydrogen-bond acceptors (Lipinski definition) is 2. The molecule has 36 heavy (non-hydrogen) atoms. The molecule has 1 atom stereocenters. The number of carbonyl (C=O) groups is 1. The zero-order valence-corrected chi connectivity index (χ0v) is 21.4. The molecule has 0 spiro atoms. The van der Waals surface area contributed by atoms with Gasteiger partial charge in [0.05, 0.1) is 12.6 Å². The van der Waals surface area contributed by atoms with E-state index in [9.17, 15) is 4.79 Å². The molecule has 0 bridgehead atoms. The van der Waals surface area contributed by atoms with Crippen molar-refractivity contribution in [1.82, 2.24) is 4.90 Å². The van der Waals surface area contributed by atoms with Crippen LogP contribution in [0, 0.1) is 5.92 Å². The maximum Gasteiger partial charge on any atom is 0.222 e. The maximum absolute atomic E-state index is 12.9. The molecule has 0 aromatic heterocycles. The number of carbonyl (C=O) groups excluding carboxylic acids is 1. The van der Waals surface area contributed by atoms with Crippen molar-refractivity contribution in [2.24, 2.45) is 5.92 Å². The summed E-state index contributed by atoms with van der Waals surface area (Å²) in [5.74, 6) is 1.14. The van der Waals surface area contributed by atoms with Gasteiger partial charge in [-0.3, -0.25) is 4.79 Å². The molecule has 1 heterocycles. The molecule has 2 aliphatic rings. The SMILES string of the molecule is O=C1CCC(COC(c2ccccc2)(c2ccccc2)c2ccccc2)N1CCCC1CCCCC1. The minimum absolute atomic E-state index is 0.124. The second-order valence-electron chi connectivity index (χ2n) is 10.5. The molecule has 3 aromatic carbocycles. The van der Waals surface area contributed by atoms with Gasteiger partial charge in [-0.1, -0.05) is 123 Å². The fraction of sp³-hybridized carbons (Fsp3) is 0.424. The quantitative estimate of drug-likeness (QED) is 0.283. The number of rotatable bonds is 10. The minimum atomic E-state index is -0.733. The topological polar surface area (TPSA) is 29.5 Å². The highest BCUT2D eigenvalue weighted by Crippen LogP contribution is 2.41. The van der Waals surface area contributed by atoms with Gasteiger partial charge in [0, 0.05) is 13.0 Å². The average Bonchev–Trinajstić information content (AvgIpc) is 3.30. The van der Waals surface area contributed by atoms with Gasteiger partial charge < -0.3 is 9.64 Å². The fourth-order valence-electron chi connectivity index (χ4n) is 6.29. The Balaban J connectivity index is 1.38.